The highest BCUT2D eigenvalue weighted by Gasteiger charge is 2.25. The summed E-state index contributed by atoms with van der Waals surface area (Å²) in [6.07, 6.45) is 1.83. The molecule has 7 heteroatoms. The first-order valence-electron chi connectivity index (χ1n) is 8.36. The van der Waals surface area contributed by atoms with Crippen molar-refractivity contribution >= 4 is 34.0 Å². The Morgan fingerprint density at radius 1 is 1.36 bits per heavy atom. The maximum Gasteiger partial charge on any atom is 0.230 e. The largest absolute Gasteiger partial charge is 0.369 e. The van der Waals surface area contributed by atoms with Crippen LogP contribution in [0.1, 0.15) is 25.5 Å². The summed E-state index contributed by atoms with van der Waals surface area (Å²) in [7, 11) is 0. The lowest BCUT2D eigenvalue weighted by Crippen LogP contribution is -2.40. The molecule has 1 aromatic heterocycles. The average molecular weight is 358 g/mol. The summed E-state index contributed by atoms with van der Waals surface area (Å²) in [5.41, 5.74) is 7.16. The minimum absolute atomic E-state index is 0.0705. The number of anilines is 2. The predicted molar refractivity (Wildman–Crippen MR) is 98.6 cm³/mol. The SMILES string of the molecule is CC(=O)N(c1ccccc1)c1nc(CN2CCC[C@@H](C(N)=O)C2)cs1. The number of piperidine rings is 1. The van der Waals surface area contributed by atoms with Crippen LogP contribution in [0.3, 0.4) is 0 Å². The van der Waals surface area contributed by atoms with E-state index >= 15 is 0 Å². The van der Waals surface area contributed by atoms with Gasteiger partial charge in [0.1, 0.15) is 0 Å². The number of benzene rings is 1. The van der Waals surface area contributed by atoms with Gasteiger partial charge in [0.05, 0.1) is 17.3 Å². The molecule has 2 aromatic rings. The first kappa shape index (κ1) is 17.6. The van der Waals surface area contributed by atoms with E-state index in [1.807, 2.05) is 35.7 Å². The van der Waals surface area contributed by atoms with Crippen LogP contribution in [0.25, 0.3) is 0 Å². The Morgan fingerprint density at radius 3 is 2.80 bits per heavy atom. The number of nitrogens with two attached hydrogens (primary N) is 1. The summed E-state index contributed by atoms with van der Waals surface area (Å²) < 4.78 is 0. The zero-order chi connectivity index (χ0) is 17.8. The fourth-order valence-corrected chi connectivity index (χ4v) is 4.01. The van der Waals surface area contributed by atoms with Crippen molar-refractivity contribution in [2.24, 2.45) is 11.7 Å². The van der Waals surface area contributed by atoms with Gasteiger partial charge in [0.25, 0.3) is 0 Å². The van der Waals surface area contributed by atoms with Gasteiger partial charge in [0.2, 0.25) is 11.8 Å². The van der Waals surface area contributed by atoms with Crippen molar-refractivity contribution in [1.29, 1.82) is 0 Å². The van der Waals surface area contributed by atoms with Crippen LogP contribution in [-0.4, -0.2) is 34.8 Å². The number of aromatic nitrogens is 1. The second-order valence-corrected chi connectivity index (χ2v) is 7.12. The quantitative estimate of drug-likeness (QED) is 0.891. The van der Waals surface area contributed by atoms with E-state index in [0.29, 0.717) is 18.2 Å². The van der Waals surface area contributed by atoms with Crippen molar-refractivity contribution in [1.82, 2.24) is 9.88 Å². The highest BCUT2D eigenvalue weighted by molar-refractivity contribution is 7.14. The first-order valence-corrected chi connectivity index (χ1v) is 9.24. The van der Waals surface area contributed by atoms with Crippen LogP contribution in [0.2, 0.25) is 0 Å². The molecule has 0 saturated carbocycles. The van der Waals surface area contributed by atoms with Gasteiger partial charge in [0, 0.05) is 25.4 Å². The second kappa shape index (κ2) is 7.76. The third-order valence-corrected chi connectivity index (χ3v) is 5.23. The van der Waals surface area contributed by atoms with Crippen LogP contribution in [0.15, 0.2) is 35.7 Å². The van der Waals surface area contributed by atoms with Gasteiger partial charge in [-0.25, -0.2) is 4.98 Å². The van der Waals surface area contributed by atoms with Crippen molar-refractivity contribution in [2.45, 2.75) is 26.3 Å². The lowest BCUT2D eigenvalue weighted by molar-refractivity contribution is -0.123. The minimum atomic E-state index is -0.226. The van der Waals surface area contributed by atoms with Gasteiger partial charge in [-0.05, 0) is 31.5 Å². The highest BCUT2D eigenvalue weighted by atomic mass is 32.1. The molecule has 132 valence electrons. The number of thiazole rings is 1. The van der Waals surface area contributed by atoms with Gasteiger partial charge in [-0.2, -0.15) is 0 Å². The van der Waals surface area contributed by atoms with Crippen molar-refractivity contribution in [3.8, 4) is 0 Å². The summed E-state index contributed by atoms with van der Waals surface area (Å²) in [6, 6.07) is 9.50. The number of hydrogen-bond acceptors (Lipinski definition) is 5. The normalized spacial score (nSPS) is 18.0. The minimum Gasteiger partial charge on any atom is -0.369 e. The van der Waals surface area contributed by atoms with Crippen LogP contribution in [-0.2, 0) is 16.1 Å². The fraction of sp³-hybridized carbons (Fsp3) is 0.389. The zero-order valence-electron chi connectivity index (χ0n) is 14.2. The zero-order valence-corrected chi connectivity index (χ0v) is 15.0. The van der Waals surface area contributed by atoms with Crippen molar-refractivity contribution in [3.63, 3.8) is 0 Å². The molecule has 0 spiro atoms. The van der Waals surface area contributed by atoms with E-state index in [2.05, 4.69) is 9.88 Å². The molecule has 1 atom stereocenters. The van der Waals surface area contributed by atoms with E-state index in [1.54, 1.807) is 4.90 Å². The smallest absolute Gasteiger partial charge is 0.230 e. The molecule has 0 unspecified atom stereocenters. The van der Waals surface area contributed by atoms with Crippen LogP contribution in [0.4, 0.5) is 10.8 Å². The third-order valence-electron chi connectivity index (χ3n) is 4.35. The topological polar surface area (TPSA) is 79.5 Å². The number of carbonyl (C=O) groups is 2. The van der Waals surface area contributed by atoms with E-state index in [4.69, 9.17) is 5.73 Å². The second-order valence-electron chi connectivity index (χ2n) is 6.29. The highest BCUT2D eigenvalue weighted by Crippen LogP contribution is 2.29. The molecule has 2 amide bonds. The van der Waals surface area contributed by atoms with E-state index in [9.17, 15) is 9.59 Å². The summed E-state index contributed by atoms with van der Waals surface area (Å²) >= 11 is 1.45. The molecule has 3 rings (SSSR count). The van der Waals surface area contributed by atoms with Gasteiger partial charge in [-0.1, -0.05) is 18.2 Å². The Labute approximate surface area is 151 Å². The summed E-state index contributed by atoms with van der Waals surface area (Å²) in [5.74, 6) is -0.376. The summed E-state index contributed by atoms with van der Waals surface area (Å²) in [4.78, 5) is 32.0. The van der Waals surface area contributed by atoms with Gasteiger partial charge in [-0.3, -0.25) is 19.4 Å². The van der Waals surface area contributed by atoms with Crippen molar-refractivity contribution in [2.75, 3.05) is 18.0 Å². The molecular weight excluding hydrogens is 336 g/mol. The molecular formula is C18H22N4O2S. The van der Waals surface area contributed by atoms with Crippen molar-refractivity contribution < 1.29 is 9.59 Å². The standard InChI is InChI=1S/C18H22N4O2S/c1-13(23)22(16-7-3-2-4-8-16)18-20-15(12-25-18)11-21-9-5-6-14(10-21)17(19)24/h2-4,7-8,12,14H,5-6,9-11H2,1H3,(H2,19,24)/t14-/m1/s1. The summed E-state index contributed by atoms with van der Waals surface area (Å²) in [6.45, 7) is 3.82. The number of para-hydroxylation sites is 1. The lowest BCUT2D eigenvalue weighted by atomic mass is 9.97. The molecule has 6 nitrogen and oxygen atoms in total. The van der Waals surface area contributed by atoms with Crippen LogP contribution < -0.4 is 10.6 Å². The third kappa shape index (κ3) is 4.24. The Hall–Kier alpha value is -2.25. The molecule has 1 aliphatic rings. The monoisotopic (exact) mass is 358 g/mol. The van der Waals surface area contributed by atoms with E-state index in [-0.39, 0.29) is 17.7 Å². The molecule has 1 aromatic carbocycles. The molecule has 1 fully saturated rings. The number of rotatable bonds is 5. The fourth-order valence-electron chi connectivity index (χ4n) is 3.14. The maximum atomic E-state index is 12.1. The molecule has 0 aliphatic carbocycles. The molecule has 25 heavy (non-hydrogen) atoms. The first-order chi connectivity index (χ1) is 12.0. The van der Waals surface area contributed by atoms with E-state index in [1.165, 1.54) is 18.3 Å². The van der Waals surface area contributed by atoms with Crippen LogP contribution in [0.5, 0.6) is 0 Å². The molecule has 2 N–H and O–H groups in total. The predicted octanol–water partition coefficient (Wildman–Crippen LogP) is 2.53. The van der Waals surface area contributed by atoms with Gasteiger partial charge >= 0.3 is 0 Å². The average Bonchev–Trinajstić information content (AvgIpc) is 3.03. The van der Waals surface area contributed by atoms with Gasteiger partial charge in [0.15, 0.2) is 5.13 Å². The molecule has 0 bridgehead atoms. The van der Waals surface area contributed by atoms with E-state index < -0.39 is 0 Å². The number of hydrogen-bond donors (Lipinski definition) is 1. The van der Waals surface area contributed by atoms with Gasteiger partial charge < -0.3 is 5.73 Å². The maximum absolute atomic E-state index is 12.1. The number of primary amides is 1. The van der Waals surface area contributed by atoms with Crippen LogP contribution >= 0.6 is 11.3 Å². The number of likely N-dealkylation sites (tertiary alicyclic amines) is 1. The van der Waals surface area contributed by atoms with E-state index in [0.717, 1.165) is 30.8 Å². The Morgan fingerprint density at radius 2 is 2.12 bits per heavy atom. The van der Waals surface area contributed by atoms with Crippen LogP contribution in [0, 0.1) is 5.92 Å². The lowest BCUT2D eigenvalue weighted by Gasteiger charge is -2.30. The molecule has 1 saturated heterocycles. The van der Waals surface area contributed by atoms with Gasteiger partial charge in [-0.15, -0.1) is 11.3 Å². The number of carbonyl (C=O) groups excluding carboxylic acids is 2. The Bertz CT molecular complexity index is 747. The molecule has 0 radical (unpaired) electrons. The molecule has 2 heterocycles. The number of amides is 2. The number of nitrogens with zero attached hydrogens (tertiary/aromatic N) is 3. The molecule has 1 aliphatic heterocycles. The summed E-state index contributed by atoms with van der Waals surface area (Å²) in [5, 5.41) is 2.64. The Balaban J connectivity index is 1.73. The Kier molecular flexibility index (Phi) is 5.45. The van der Waals surface area contributed by atoms with Crippen molar-refractivity contribution in [3.05, 3.63) is 41.4 Å².